The lowest BCUT2D eigenvalue weighted by Crippen LogP contribution is -2.53. The van der Waals surface area contributed by atoms with Gasteiger partial charge in [0.15, 0.2) is 6.04 Å². The van der Waals surface area contributed by atoms with Crippen molar-refractivity contribution in [2.75, 3.05) is 0 Å². The molecule has 0 aromatic heterocycles. The first-order chi connectivity index (χ1) is 10.9. The molecule has 6 heteroatoms. The second-order valence-electron chi connectivity index (χ2n) is 5.56. The molecular formula is C17H20N2O4. The van der Waals surface area contributed by atoms with Crippen LogP contribution in [0.15, 0.2) is 42.5 Å². The summed E-state index contributed by atoms with van der Waals surface area (Å²) in [6.07, 6.45) is -0.924. The van der Waals surface area contributed by atoms with Gasteiger partial charge in [0, 0.05) is 0 Å². The van der Waals surface area contributed by atoms with Crippen LogP contribution in [-0.2, 0) is 16.0 Å². The number of amides is 1. The molecule has 0 aliphatic rings. The van der Waals surface area contributed by atoms with Gasteiger partial charge in [0.25, 0.3) is 0 Å². The molecule has 0 spiro atoms. The maximum absolute atomic E-state index is 12.0. The van der Waals surface area contributed by atoms with E-state index in [1.807, 2.05) is 42.5 Å². The summed E-state index contributed by atoms with van der Waals surface area (Å²) < 4.78 is 0. The average molecular weight is 316 g/mol. The highest BCUT2D eigenvalue weighted by molar-refractivity contribution is 5.87. The second-order valence-corrected chi connectivity index (χ2v) is 5.56. The Kier molecular flexibility index (Phi) is 5.31. The number of aliphatic hydroxyl groups is 1. The van der Waals surface area contributed by atoms with Crippen molar-refractivity contribution in [3.63, 3.8) is 0 Å². The molecule has 0 radical (unpaired) electrons. The van der Waals surface area contributed by atoms with Crippen molar-refractivity contribution in [3.8, 4) is 0 Å². The number of carboxylic acids is 1. The lowest BCUT2D eigenvalue weighted by Gasteiger charge is -2.19. The van der Waals surface area contributed by atoms with Crippen molar-refractivity contribution in [3.05, 3.63) is 48.0 Å². The van der Waals surface area contributed by atoms with E-state index in [0.29, 0.717) is 0 Å². The fraction of sp³-hybridized carbons (Fsp3) is 0.294. The summed E-state index contributed by atoms with van der Waals surface area (Å²) >= 11 is 0. The van der Waals surface area contributed by atoms with Crippen molar-refractivity contribution in [2.24, 2.45) is 5.73 Å². The van der Waals surface area contributed by atoms with Crippen LogP contribution in [0.1, 0.15) is 12.5 Å². The largest absolute Gasteiger partial charge is 0.480 e. The number of fused-ring (bicyclic) bond motifs is 1. The summed E-state index contributed by atoms with van der Waals surface area (Å²) in [5.41, 5.74) is 6.74. The summed E-state index contributed by atoms with van der Waals surface area (Å²) in [5, 5.41) is 22.7. The number of hydrogen-bond acceptors (Lipinski definition) is 4. The average Bonchev–Trinajstić information content (AvgIpc) is 2.51. The monoisotopic (exact) mass is 316 g/mol. The van der Waals surface area contributed by atoms with Gasteiger partial charge in [-0.15, -0.1) is 0 Å². The molecule has 2 aromatic rings. The standard InChI is InChI=1S/C17H20N2O4/c1-10(20)15(17(22)23)19-16(21)14(18)9-11-6-7-12-4-2-3-5-13(12)8-11/h2-8,10,14-15,20H,9,18H2,1H3,(H,19,21)(H,22,23)/t10-,14+,15+/m1/s1. The van der Waals surface area contributed by atoms with E-state index in [1.165, 1.54) is 6.92 Å². The Labute approximate surface area is 133 Å². The first kappa shape index (κ1) is 16.9. The number of nitrogens with one attached hydrogen (secondary N) is 1. The minimum atomic E-state index is -1.37. The Bertz CT molecular complexity index is 715. The third-order valence-corrected chi connectivity index (χ3v) is 3.65. The number of aliphatic hydroxyl groups excluding tert-OH is 1. The molecule has 0 unspecified atom stereocenters. The zero-order chi connectivity index (χ0) is 17.0. The number of carbonyl (C=O) groups excluding carboxylic acids is 1. The van der Waals surface area contributed by atoms with Gasteiger partial charge in [0.05, 0.1) is 12.1 Å². The van der Waals surface area contributed by atoms with Crippen LogP contribution in [0.3, 0.4) is 0 Å². The molecule has 0 aliphatic carbocycles. The summed E-state index contributed by atoms with van der Waals surface area (Å²) in [6, 6.07) is 11.4. The molecule has 122 valence electrons. The van der Waals surface area contributed by atoms with Crippen LogP contribution in [0.5, 0.6) is 0 Å². The van der Waals surface area contributed by atoms with Crippen LogP contribution in [0.4, 0.5) is 0 Å². The van der Waals surface area contributed by atoms with E-state index in [4.69, 9.17) is 10.8 Å². The quantitative estimate of drug-likeness (QED) is 0.625. The maximum atomic E-state index is 12.0. The Hall–Kier alpha value is -2.44. The predicted molar refractivity (Wildman–Crippen MR) is 86.9 cm³/mol. The Morgan fingerprint density at radius 2 is 1.83 bits per heavy atom. The molecule has 3 atom stereocenters. The molecule has 0 fully saturated rings. The highest BCUT2D eigenvalue weighted by atomic mass is 16.4. The summed E-state index contributed by atoms with van der Waals surface area (Å²) in [4.78, 5) is 23.0. The molecule has 23 heavy (non-hydrogen) atoms. The minimum absolute atomic E-state index is 0.281. The Morgan fingerprint density at radius 3 is 2.43 bits per heavy atom. The van der Waals surface area contributed by atoms with E-state index in [1.54, 1.807) is 0 Å². The zero-order valence-electron chi connectivity index (χ0n) is 12.8. The van der Waals surface area contributed by atoms with Gasteiger partial charge in [-0.05, 0) is 29.7 Å². The summed E-state index contributed by atoms with van der Waals surface area (Å²) in [5.74, 6) is -1.90. The van der Waals surface area contributed by atoms with Crippen LogP contribution in [0.2, 0.25) is 0 Å². The number of hydrogen-bond donors (Lipinski definition) is 4. The van der Waals surface area contributed by atoms with Gasteiger partial charge in [-0.25, -0.2) is 4.79 Å². The van der Waals surface area contributed by atoms with Gasteiger partial charge in [0.2, 0.25) is 5.91 Å². The fourth-order valence-corrected chi connectivity index (χ4v) is 2.36. The predicted octanol–water partition coefficient (Wildman–Crippen LogP) is 0.660. The smallest absolute Gasteiger partial charge is 0.328 e. The van der Waals surface area contributed by atoms with Crippen molar-refractivity contribution in [1.82, 2.24) is 5.32 Å². The minimum Gasteiger partial charge on any atom is -0.480 e. The lowest BCUT2D eigenvalue weighted by molar-refractivity contribution is -0.144. The molecule has 1 amide bonds. The number of rotatable bonds is 6. The van der Waals surface area contributed by atoms with E-state index in [2.05, 4.69) is 5.32 Å². The van der Waals surface area contributed by atoms with Crippen molar-refractivity contribution in [2.45, 2.75) is 31.5 Å². The Balaban J connectivity index is 2.06. The normalized spacial score (nSPS) is 14.9. The lowest BCUT2D eigenvalue weighted by atomic mass is 10.0. The van der Waals surface area contributed by atoms with Crippen LogP contribution < -0.4 is 11.1 Å². The summed E-state index contributed by atoms with van der Waals surface area (Å²) in [6.45, 7) is 1.30. The fourth-order valence-electron chi connectivity index (χ4n) is 2.36. The van der Waals surface area contributed by atoms with Gasteiger partial charge in [-0.3, -0.25) is 4.79 Å². The number of carboxylic acid groups (broad SMARTS) is 1. The number of benzene rings is 2. The van der Waals surface area contributed by atoms with E-state index < -0.39 is 30.1 Å². The zero-order valence-corrected chi connectivity index (χ0v) is 12.8. The van der Waals surface area contributed by atoms with E-state index in [-0.39, 0.29) is 6.42 Å². The van der Waals surface area contributed by atoms with E-state index >= 15 is 0 Å². The van der Waals surface area contributed by atoms with Gasteiger partial charge in [0.1, 0.15) is 0 Å². The number of aliphatic carboxylic acids is 1. The van der Waals surface area contributed by atoms with Crippen molar-refractivity contribution >= 4 is 22.6 Å². The van der Waals surface area contributed by atoms with Gasteiger partial charge < -0.3 is 21.3 Å². The molecule has 0 aliphatic heterocycles. The SMILES string of the molecule is C[C@@H](O)[C@H](NC(=O)[C@@H](N)Cc1ccc2ccccc2c1)C(=O)O. The third-order valence-electron chi connectivity index (χ3n) is 3.65. The van der Waals surface area contributed by atoms with Crippen molar-refractivity contribution in [1.29, 1.82) is 0 Å². The topological polar surface area (TPSA) is 113 Å². The van der Waals surface area contributed by atoms with E-state index in [9.17, 15) is 14.7 Å². The van der Waals surface area contributed by atoms with Crippen molar-refractivity contribution < 1.29 is 19.8 Å². The Morgan fingerprint density at radius 1 is 1.17 bits per heavy atom. The van der Waals surface area contributed by atoms with Crippen LogP contribution >= 0.6 is 0 Å². The van der Waals surface area contributed by atoms with Gasteiger partial charge >= 0.3 is 5.97 Å². The molecule has 0 saturated heterocycles. The molecule has 2 aromatic carbocycles. The number of nitrogens with two attached hydrogens (primary N) is 1. The number of carbonyl (C=O) groups is 2. The molecule has 0 bridgehead atoms. The first-order valence-electron chi connectivity index (χ1n) is 7.33. The van der Waals surface area contributed by atoms with E-state index in [0.717, 1.165) is 16.3 Å². The van der Waals surface area contributed by atoms with Crippen LogP contribution in [-0.4, -0.2) is 40.3 Å². The van der Waals surface area contributed by atoms with Crippen LogP contribution in [0.25, 0.3) is 10.8 Å². The molecule has 0 saturated carbocycles. The highest BCUT2D eigenvalue weighted by Gasteiger charge is 2.27. The van der Waals surface area contributed by atoms with Gasteiger partial charge in [-0.1, -0.05) is 42.5 Å². The molecular weight excluding hydrogens is 296 g/mol. The maximum Gasteiger partial charge on any atom is 0.328 e. The van der Waals surface area contributed by atoms with Gasteiger partial charge in [-0.2, -0.15) is 0 Å². The molecule has 0 heterocycles. The summed E-state index contributed by atoms with van der Waals surface area (Å²) in [7, 11) is 0. The highest BCUT2D eigenvalue weighted by Crippen LogP contribution is 2.16. The molecule has 2 rings (SSSR count). The second kappa shape index (κ2) is 7.21. The first-order valence-corrected chi connectivity index (χ1v) is 7.33. The third kappa shape index (κ3) is 4.28. The molecule has 6 nitrogen and oxygen atoms in total. The molecule has 5 N–H and O–H groups in total. The van der Waals surface area contributed by atoms with Crippen LogP contribution in [0, 0.1) is 0 Å².